The van der Waals surface area contributed by atoms with Crippen molar-refractivity contribution in [1.29, 1.82) is 0 Å². The molecule has 2 rings (SSSR count). The molecule has 1 aromatic carbocycles. The third-order valence-electron chi connectivity index (χ3n) is 2.46. The van der Waals surface area contributed by atoms with E-state index in [1.807, 2.05) is 20.8 Å². The minimum absolute atomic E-state index is 0.192. The Bertz CT molecular complexity index is 414. The molecule has 0 aromatic heterocycles. The first-order valence-corrected chi connectivity index (χ1v) is 5.28. The van der Waals surface area contributed by atoms with E-state index in [4.69, 9.17) is 0 Å². The van der Waals surface area contributed by atoms with Gasteiger partial charge in [0.05, 0.1) is 18.3 Å². The van der Waals surface area contributed by atoms with E-state index in [0.29, 0.717) is 18.3 Å². The first kappa shape index (κ1) is 13.4. The fourth-order valence-electron chi connectivity index (χ4n) is 1.80. The van der Waals surface area contributed by atoms with Crippen LogP contribution < -0.4 is 0 Å². The lowest BCUT2D eigenvalue weighted by Crippen LogP contribution is -2.45. The first-order chi connectivity index (χ1) is 7.93. The van der Waals surface area contributed by atoms with Crippen LogP contribution in [0.2, 0.25) is 0 Å². The van der Waals surface area contributed by atoms with Crippen LogP contribution in [0.15, 0.2) is 24.3 Å². The average Bonchev–Trinajstić information content (AvgIpc) is 2.54. The molecule has 1 aliphatic heterocycles. The van der Waals surface area contributed by atoms with Crippen molar-refractivity contribution in [2.24, 2.45) is 0 Å². The molecular formula is C13H16FNO2. The smallest absolute Gasteiger partial charge is 0.262 e. The summed E-state index contributed by atoms with van der Waals surface area (Å²) in [5.41, 5.74) is 0.558. The van der Waals surface area contributed by atoms with Gasteiger partial charge < -0.3 is 0 Å². The minimum Gasteiger partial charge on any atom is -0.269 e. The molecule has 0 saturated heterocycles. The maximum atomic E-state index is 12.0. The Morgan fingerprint density at radius 3 is 1.59 bits per heavy atom. The highest BCUT2D eigenvalue weighted by Crippen LogP contribution is 2.28. The lowest BCUT2D eigenvalue weighted by atomic mass is 10.1. The van der Waals surface area contributed by atoms with Crippen LogP contribution >= 0.6 is 0 Å². The molecule has 1 aliphatic rings. The van der Waals surface area contributed by atoms with Gasteiger partial charge >= 0.3 is 0 Å². The Kier molecular flexibility index (Phi) is 3.66. The third kappa shape index (κ3) is 2.20. The summed E-state index contributed by atoms with van der Waals surface area (Å²) in [6.07, 6.45) is 0. The number of amides is 2. The fraction of sp³-hybridized carbons (Fsp3) is 0.385. The van der Waals surface area contributed by atoms with Crippen molar-refractivity contribution in [2.45, 2.75) is 26.3 Å². The Balaban J connectivity index is 0.000000686. The van der Waals surface area contributed by atoms with Gasteiger partial charge in [-0.3, -0.25) is 18.9 Å². The number of carbonyl (C=O) groups is 2. The summed E-state index contributed by atoms with van der Waals surface area (Å²) in [6.45, 7) is 5.57. The van der Waals surface area contributed by atoms with Crippen molar-refractivity contribution in [3.05, 3.63) is 35.4 Å². The molecule has 0 fully saturated rings. The molecule has 0 N–H and O–H groups in total. The van der Waals surface area contributed by atoms with E-state index < -0.39 is 5.54 Å². The number of imide groups is 1. The number of hydrogen-bond donors (Lipinski definition) is 0. The summed E-state index contributed by atoms with van der Waals surface area (Å²) in [5, 5.41) is 0. The molecule has 1 aromatic rings. The van der Waals surface area contributed by atoms with Crippen LogP contribution in [-0.4, -0.2) is 29.4 Å². The summed E-state index contributed by atoms with van der Waals surface area (Å²) >= 11 is 0. The quantitative estimate of drug-likeness (QED) is 0.650. The van der Waals surface area contributed by atoms with Crippen LogP contribution in [0.1, 0.15) is 41.5 Å². The first-order valence-electron chi connectivity index (χ1n) is 5.28. The molecule has 1 heterocycles. The summed E-state index contributed by atoms with van der Waals surface area (Å²) in [5.74, 6) is -0.383. The van der Waals surface area contributed by atoms with Gasteiger partial charge in [0.15, 0.2) is 0 Å². The van der Waals surface area contributed by atoms with E-state index in [9.17, 15) is 14.0 Å². The van der Waals surface area contributed by atoms with Crippen molar-refractivity contribution in [3.63, 3.8) is 0 Å². The zero-order valence-electron chi connectivity index (χ0n) is 10.5. The van der Waals surface area contributed by atoms with E-state index in [0.717, 1.165) is 0 Å². The molecule has 0 saturated carbocycles. The zero-order chi connectivity index (χ0) is 13.2. The normalized spacial score (nSPS) is 14.3. The molecular weight excluding hydrogens is 221 g/mol. The van der Waals surface area contributed by atoms with Crippen LogP contribution in [0.3, 0.4) is 0 Å². The van der Waals surface area contributed by atoms with Crippen LogP contribution in [0.4, 0.5) is 4.39 Å². The van der Waals surface area contributed by atoms with Crippen LogP contribution in [0.5, 0.6) is 0 Å². The molecule has 4 heteroatoms. The van der Waals surface area contributed by atoms with Gasteiger partial charge in [-0.1, -0.05) is 12.1 Å². The number of hydrogen-bond acceptors (Lipinski definition) is 2. The Morgan fingerprint density at radius 2 is 1.29 bits per heavy atom. The molecule has 0 atom stereocenters. The second kappa shape index (κ2) is 4.65. The molecule has 17 heavy (non-hydrogen) atoms. The van der Waals surface area contributed by atoms with Gasteiger partial charge in [0.2, 0.25) is 0 Å². The van der Waals surface area contributed by atoms with E-state index in [1.54, 1.807) is 24.3 Å². The van der Waals surface area contributed by atoms with Crippen molar-refractivity contribution in [2.75, 3.05) is 7.18 Å². The number of nitrogens with zero attached hydrogens (tertiary/aromatic N) is 1. The summed E-state index contributed by atoms with van der Waals surface area (Å²) in [6, 6.07) is 6.94. The largest absolute Gasteiger partial charge is 0.269 e. The highest BCUT2D eigenvalue weighted by atomic mass is 19.1. The topological polar surface area (TPSA) is 37.4 Å². The standard InChI is InChI=1S/C12H13NO2.CH3F/c1-12(2,3)13-10(14)8-6-4-5-7-9(8)11(13)15;1-2/h4-7H,1-3H3;1H3. The van der Waals surface area contributed by atoms with Crippen molar-refractivity contribution in [1.82, 2.24) is 4.90 Å². The molecule has 0 aliphatic carbocycles. The van der Waals surface area contributed by atoms with Crippen LogP contribution in [0.25, 0.3) is 0 Å². The van der Waals surface area contributed by atoms with E-state index in [1.165, 1.54) is 4.90 Å². The SMILES string of the molecule is CC(C)(C)N1C(=O)c2ccccc2C1=O.CF. The molecule has 0 radical (unpaired) electrons. The third-order valence-corrected chi connectivity index (χ3v) is 2.46. The van der Waals surface area contributed by atoms with Gasteiger partial charge in [0.25, 0.3) is 11.8 Å². The predicted molar refractivity (Wildman–Crippen MR) is 63.7 cm³/mol. The molecule has 2 amide bonds. The number of halogens is 1. The van der Waals surface area contributed by atoms with Crippen LogP contribution in [0, 0.1) is 0 Å². The molecule has 0 spiro atoms. The van der Waals surface area contributed by atoms with Crippen molar-refractivity contribution in [3.8, 4) is 0 Å². The molecule has 3 nitrogen and oxygen atoms in total. The van der Waals surface area contributed by atoms with Gasteiger partial charge in [0, 0.05) is 5.54 Å². The number of rotatable bonds is 0. The minimum atomic E-state index is -0.465. The fourth-order valence-corrected chi connectivity index (χ4v) is 1.80. The monoisotopic (exact) mass is 237 g/mol. The summed E-state index contributed by atoms with van der Waals surface area (Å²) in [7, 11) is 0.500. The Morgan fingerprint density at radius 1 is 0.941 bits per heavy atom. The number of fused-ring (bicyclic) bond motifs is 1. The Labute approximate surface area is 100 Å². The highest BCUT2D eigenvalue weighted by molar-refractivity contribution is 6.21. The number of benzene rings is 1. The van der Waals surface area contributed by atoms with Gasteiger partial charge in [-0.15, -0.1) is 0 Å². The maximum absolute atomic E-state index is 12.0. The van der Waals surface area contributed by atoms with E-state index in [2.05, 4.69) is 0 Å². The number of carbonyl (C=O) groups excluding carboxylic acids is 2. The number of alkyl halides is 1. The summed E-state index contributed by atoms with van der Waals surface area (Å²) < 4.78 is 9.50. The second-order valence-corrected chi connectivity index (χ2v) is 4.66. The second-order valence-electron chi connectivity index (χ2n) is 4.66. The van der Waals surface area contributed by atoms with Crippen LogP contribution in [-0.2, 0) is 0 Å². The lowest BCUT2D eigenvalue weighted by molar-refractivity contribution is 0.0508. The zero-order valence-corrected chi connectivity index (χ0v) is 10.5. The van der Waals surface area contributed by atoms with Gasteiger partial charge in [0.1, 0.15) is 0 Å². The lowest BCUT2D eigenvalue weighted by Gasteiger charge is -2.29. The van der Waals surface area contributed by atoms with Crippen molar-refractivity contribution >= 4 is 11.8 Å². The molecule has 0 bridgehead atoms. The Hall–Kier alpha value is -1.71. The predicted octanol–water partition coefficient (Wildman–Crippen LogP) is 2.67. The molecule has 92 valence electrons. The average molecular weight is 237 g/mol. The van der Waals surface area contributed by atoms with Gasteiger partial charge in [-0.2, -0.15) is 0 Å². The van der Waals surface area contributed by atoms with Gasteiger partial charge in [-0.05, 0) is 32.9 Å². The summed E-state index contributed by atoms with van der Waals surface area (Å²) in [4.78, 5) is 25.2. The van der Waals surface area contributed by atoms with Gasteiger partial charge in [-0.25, -0.2) is 0 Å². The van der Waals surface area contributed by atoms with Crippen molar-refractivity contribution < 1.29 is 14.0 Å². The highest BCUT2D eigenvalue weighted by Gasteiger charge is 2.41. The maximum Gasteiger partial charge on any atom is 0.262 e. The molecule has 0 unspecified atom stereocenters. The van der Waals surface area contributed by atoms with E-state index in [-0.39, 0.29) is 11.8 Å². The van der Waals surface area contributed by atoms with E-state index >= 15 is 0 Å².